The molecule has 0 bridgehead atoms. The minimum Gasteiger partial charge on any atom is -0.329 e. The first kappa shape index (κ1) is 15.5. The summed E-state index contributed by atoms with van der Waals surface area (Å²) in [5, 5.41) is 0. The van der Waals surface area contributed by atoms with Gasteiger partial charge in [-0.15, -0.1) is 0 Å². The standard InChI is InChI=1S/C18H30N2/c1-14(2)9-18(13-19,10-15(3)4)20-11-16-7-5-6-8-17(16)12-20/h5-8,14-15H,9-13,19H2,1-4H3. The van der Waals surface area contributed by atoms with Crippen molar-refractivity contribution in [2.24, 2.45) is 17.6 Å². The number of benzene rings is 1. The zero-order valence-electron chi connectivity index (χ0n) is 13.5. The second-order valence-electron chi connectivity index (χ2n) is 7.25. The van der Waals surface area contributed by atoms with Crippen LogP contribution in [0.15, 0.2) is 24.3 Å². The van der Waals surface area contributed by atoms with E-state index in [0.29, 0.717) is 11.8 Å². The van der Waals surface area contributed by atoms with Crippen molar-refractivity contribution >= 4 is 0 Å². The molecule has 2 N–H and O–H groups in total. The summed E-state index contributed by atoms with van der Waals surface area (Å²) in [6.07, 6.45) is 2.38. The van der Waals surface area contributed by atoms with E-state index < -0.39 is 0 Å². The van der Waals surface area contributed by atoms with Crippen LogP contribution in [0.25, 0.3) is 0 Å². The van der Waals surface area contributed by atoms with E-state index in [4.69, 9.17) is 5.73 Å². The molecule has 1 heterocycles. The molecule has 1 aromatic rings. The Kier molecular flexibility index (Phi) is 4.87. The Hall–Kier alpha value is -0.860. The van der Waals surface area contributed by atoms with Crippen LogP contribution < -0.4 is 5.73 Å². The molecule has 0 amide bonds. The van der Waals surface area contributed by atoms with Crippen molar-refractivity contribution in [3.8, 4) is 0 Å². The molecule has 2 nitrogen and oxygen atoms in total. The molecule has 1 aliphatic heterocycles. The average molecular weight is 274 g/mol. The van der Waals surface area contributed by atoms with Crippen LogP contribution >= 0.6 is 0 Å². The van der Waals surface area contributed by atoms with Gasteiger partial charge < -0.3 is 5.73 Å². The summed E-state index contributed by atoms with van der Waals surface area (Å²) in [7, 11) is 0. The molecule has 0 spiro atoms. The lowest BCUT2D eigenvalue weighted by Gasteiger charge is -2.44. The predicted octanol–water partition coefficient (Wildman–Crippen LogP) is 3.79. The molecule has 0 atom stereocenters. The normalized spacial score (nSPS) is 16.1. The van der Waals surface area contributed by atoms with Gasteiger partial charge in [0.25, 0.3) is 0 Å². The van der Waals surface area contributed by atoms with Crippen LogP contribution in [0.4, 0.5) is 0 Å². The van der Waals surface area contributed by atoms with Crippen molar-refractivity contribution < 1.29 is 0 Å². The fourth-order valence-electron chi connectivity index (χ4n) is 3.83. The van der Waals surface area contributed by atoms with Crippen molar-refractivity contribution in [1.82, 2.24) is 4.90 Å². The molecule has 0 saturated carbocycles. The number of nitrogens with zero attached hydrogens (tertiary/aromatic N) is 1. The number of nitrogens with two attached hydrogens (primary N) is 1. The lowest BCUT2D eigenvalue weighted by atomic mass is 9.80. The van der Waals surface area contributed by atoms with Gasteiger partial charge in [0.05, 0.1) is 0 Å². The number of hydrogen-bond acceptors (Lipinski definition) is 2. The summed E-state index contributed by atoms with van der Waals surface area (Å²) < 4.78 is 0. The van der Waals surface area contributed by atoms with Gasteiger partial charge in [0.2, 0.25) is 0 Å². The Labute approximate surface area is 124 Å². The first-order chi connectivity index (χ1) is 9.47. The molecule has 2 heteroatoms. The first-order valence-corrected chi connectivity index (χ1v) is 7.99. The zero-order valence-corrected chi connectivity index (χ0v) is 13.5. The third-order valence-electron chi connectivity index (χ3n) is 4.47. The molecule has 1 aliphatic rings. The summed E-state index contributed by atoms with van der Waals surface area (Å²) in [5.74, 6) is 1.36. The van der Waals surface area contributed by atoms with E-state index in [1.807, 2.05) is 0 Å². The minimum atomic E-state index is 0.154. The molecular weight excluding hydrogens is 244 g/mol. The third-order valence-corrected chi connectivity index (χ3v) is 4.47. The molecular formula is C18H30N2. The van der Waals surface area contributed by atoms with Crippen LogP contribution in [0.2, 0.25) is 0 Å². The van der Waals surface area contributed by atoms with Gasteiger partial charge in [0.15, 0.2) is 0 Å². The van der Waals surface area contributed by atoms with Crippen molar-refractivity contribution in [2.45, 2.75) is 59.2 Å². The highest BCUT2D eigenvalue weighted by molar-refractivity contribution is 5.31. The maximum Gasteiger partial charge on any atom is 0.0343 e. The van der Waals surface area contributed by atoms with Gasteiger partial charge in [-0.05, 0) is 35.8 Å². The van der Waals surface area contributed by atoms with Crippen LogP contribution in [-0.4, -0.2) is 17.0 Å². The molecule has 112 valence electrons. The van der Waals surface area contributed by atoms with Gasteiger partial charge in [-0.3, -0.25) is 4.90 Å². The van der Waals surface area contributed by atoms with Gasteiger partial charge >= 0.3 is 0 Å². The largest absolute Gasteiger partial charge is 0.329 e. The van der Waals surface area contributed by atoms with Crippen molar-refractivity contribution in [3.63, 3.8) is 0 Å². The Balaban J connectivity index is 2.24. The van der Waals surface area contributed by atoms with Crippen LogP contribution in [0.3, 0.4) is 0 Å². The van der Waals surface area contributed by atoms with Crippen LogP contribution in [0.1, 0.15) is 51.7 Å². The minimum absolute atomic E-state index is 0.154. The smallest absolute Gasteiger partial charge is 0.0343 e. The second kappa shape index (κ2) is 6.28. The quantitative estimate of drug-likeness (QED) is 0.855. The molecule has 0 radical (unpaired) electrons. The van der Waals surface area contributed by atoms with Crippen molar-refractivity contribution in [1.29, 1.82) is 0 Å². The van der Waals surface area contributed by atoms with E-state index in [-0.39, 0.29) is 5.54 Å². The topological polar surface area (TPSA) is 29.3 Å². The van der Waals surface area contributed by atoms with Crippen molar-refractivity contribution in [3.05, 3.63) is 35.4 Å². The summed E-state index contributed by atoms with van der Waals surface area (Å²) >= 11 is 0. The zero-order chi connectivity index (χ0) is 14.8. The van der Waals surface area contributed by atoms with Gasteiger partial charge in [-0.1, -0.05) is 52.0 Å². The molecule has 0 aliphatic carbocycles. The van der Waals surface area contributed by atoms with E-state index in [1.165, 1.54) is 24.0 Å². The Morgan fingerprint density at radius 3 is 1.80 bits per heavy atom. The van der Waals surface area contributed by atoms with Crippen LogP contribution in [0, 0.1) is 11.8 Å². The van der Waals surface area contributed by atoms with E-state index in [9.17, 15) is 0 Å². The Bertz CT molecular complexity index is 402. The fourth-order valence-corrected chi connectivity index (χ4v) is 3.83. The highest BCUT2D eigenvalue weighted by Crippen LogP contribution is 2.36. The molecule has 0 unspecified atom stereocenters. The summed E-state index contributed by atoms with van der Waals surface area (Å²) in [6.45, 7) is 12.1. The van der Waals surface area contributed by atoms with E-state index in [2.05, 4.69) is 56.9 Å². The van der Waals surface area contributed by atoms with Gasteiger partial charge in [0.1, 0.15) is 0 Å². The Morgan fingerprint density at radius 2 is 1.45 bits per heavy atom. The average Bonchev–Trinajstić information content (AvgIpc) is 2.80. The fraction of sp³-hybridized carbons (Fsp3) is 0.667. The summed E-state index contributed by atoms with van der Waals surface area (Å²) in [5.41, 5.74) is 9.40. The number of rotatable bonds is 6. The molecule has 0 saturated heterocycles. The highest BCUT2D eigenvalue weighted by atomic mass is 15.2. The van der Waals surface area contributed by atoms with Gasteiger partial charge in [0, 0.05) is 25.2 Å². The maximum atomic E-state index is 6.28. The molecule has 0 aromatic heterocycles. The molecule has 20 heavy (non-hydrogen) atoms. The number of fused-ring (bicyclic) bond motifs is 1. The van der Waals surface area contributed by atoms with E-state index >= 15 is 0 Å². The highest BCUT2D eigenvalue weighted by Gasteiger charge is 2.39. The molecule has 1 aromatic carbocycles. The number of hydrogen-bond donors (Lipinski definition) is 1. The van der Waals surface area contributed by atoms with E-state index in [0.717, 1.165) is 19.6 Å². The van der Waals surface area contributed by atoms with Crippen molar-refractivity contribution in [2.75, 3.05) is 6.54 Å². The molecule has 0 fully saturated rings. The van der Waals surface area contributed by atoms with Crippen LogP contribution in [-0.2, 0) is 13.1 Å². The molecule has 2 rings (SSSR count). The summed E-state index contributed by atoms with van der Waals surface area (Å²) in [4.78, 5) is 2.64. The monoisotopic (exact) mass is 274 g/mol. The third kappa shape index (κ3) is 3.24. The Morgan fingerprint density at radius 1 is 1.00 bits per heavy atom. The van der Waals surface area contributed by atoms with Crippen LogP contribution in [0.5, 0.6) is 0 Å². The first-order valence-electron chi connectivity index (χ1n) is 7.99. The predicted molar refractivity (Wildman–Crippen MR) is 86.4 cm³/mol. The summed E-state index contributed by atoms with van der Waals surface area (Å²) in [6, 6.07) is 8.83. The van der Waals surface area contributed by atoms with Gasteiger partial charge in [-0.25, -0.2) is 0 Å². The SMILES string of the molecule is CC(C)CC(CN)(CC(C)C)N1Cc2ccccc2C1. The van der Waals surface area contributed by atoms with E-state index in [1.54, 1.807) is 0 Å². The second-order valence-corrected chi connectivity index (χ2v) is 7.25. The van der Waals surface area contributed by atoms with Gasteiger partial charge in [-0.2, -0.15) is 0 Å². The maximum absolute atomic E-state index is 6.28. The lowest BCUT2D eigenvalue weighted by molar-refractivity contribution is 0.0499. The lowest BCUT2D eigenvalue weighted by Crippen LogP contribution is -2.53.